The molecule has 3 heteroatoms. The second kappa shape index (κ2) is 7.39. The summed E-state index contributed by atoms with van der Waals surface area (Å²) < 4.78 is 0. The fourth-order valence-electron chi connectivity index (χ4n) is 3.79. The van der Waals surface area contributed by atoms with E-state index in [1.165, 1.54) is 57.2 Å². The zero-order valence-corrected chi connectivity index (χ0v) is 13.0. The van der Waals surface area contributed by atoms with E-state index in [1.807, 2.05) is 0 Å². The Kier molecular flexibility index (Phi) is 5.28. The van der Waals surface area contributed by atoms with Gasteiger partial charge < -0.3 is 11.1 Å². The third-order valence-corrected chi connectivity index (χ3v) is 5.14. The molecular weight excluding hydrogens is 258 g/mol. The van der Waals surface area contributed by atoms with Gasteiger partial charge in [0.2, 0.25) is 0 Å². The molecule has 21 heavy (non-hydrogen) atoms. The number of nitrogens with two attached hydrogens (primary N) is 1. The number of hydrogen-bond acceptors (Lipinski definition) is 3. The van der Waals surface area contributed by atoms with Crippen molar-refractivity contribution in [2.75, 3.05) is 19.6 Å². The highest BCUT2D eigenvalue weighted by molar-refractivity contribution is 5.19. The standard InChI is InChI=1S/C18H29N3/c19-16-8-10-17(11-9-16)20-14-18(21-12-4-5-13-21)15-6-2-1-3-7-15/h1-3,6-7,16-18,20H,4-5,8-14,19H2. The topological polar surface area (TPSA) is 41.3 Å². The molecule has 1 aromatic carbocycles. The van der Waals surface area contributed by atoms with E-state index in [4.69, 9.17) is 5.73 Å². The molecule has 2 fully saturated rings. The van der Waals surface area contributed by atoms with Crippen molar-refractivity contribution in [2.24, 2.45) is 5.73 Å². The monoisotopic (exact) mass is 287 g/mol. The van der Waals surface area contributed by atoms with Gasteiger partial charge in [-0.15, -0.1) is 0 Å². The van der Waals surface area contributed by atoms with Gasteiger partial charge in [-0.3, -0.25) is 4.90 Å². The molecular formula is C18H29N3. The zero-order chi connectivity index (χ0) is 14.5. The van der Waals surface area contributed by atoms with E-state index in [0.717, 1.165) is 6.54 Å². The van der Waals surface area contributed by atoms with E-state index in [1.54, 1.807) is 0 Å². The summed E-state index contributed by atoms with van der Waals surface area (Å²) in [6, 6.07) is 12.6. The lowest BCUT2D eigenvalue weighted by atomic mass is 9.91. The molecule has 1 atom stereocenters. The van der Waals surface area contributed by atoms with Crippen LogP contribution in [0.1, 0.15) is 50.1 Å². The lowest BCUT2D eigenvalue weighted by Crippen LogP contribution is -2.42. The molecule has 1 heterocycles. The first-order valence-corrected chi connectivity index (χ1v) is 8.61. The normalized spacial score (nSPS) is 28.6. The van der Waals surface area contributed by atoms with Gasteiger partial charge in [-0.1, -0.05) is 30.3 Å². The van der Waals surface area contributed by atoms with Crippen molar-refractivity contribution >= 4 is 0 Å². The Bertz CT molecular complexity index is 406. The second-order valence-corrected chi connectivity index (χ2v) is 6.69. The summed E-state index contributed by atoms with van der Waals surface area (Å²) in [6.45, 7) is 3.57. The smallest absolute Gasteiger partial charge is 0.0472 e. The summed E-state index contributed by atoms with van der Waals surface area (Å²) in [5.41, 5.74) is 7.47. The van der Waals surface area contributed by atoms with Crippen LogP contribution in [0.25, 0.3) is 0 Å². The molecule has 116 valence electrons. The Hall–Kier alpha value is -0.900. The molecule has 0 amide bonds. The molecule has 0 bridgehead atoms. The summed E-state index contributed by atoms with van der Waals surface area (Å²) >= 11 is 0. The van der Waals surface area contributed by atoms with Crippen molar-refractivity contribution in [3.05, 3.63) is 35.9 Å². The molecule has 1 aliphatic heterocycles. The molecule has 3 rings (SSSR count). The number of nitrogens with zero attached hydrogens (tertiary/aromatic N) is 1. The van der Waals surface area contributed by atoms with Crippen LogP contribution in [0.5, 0.6) is 0 Å². The minimum Gasteiger partial charge on any atom is -0.328 e. The number of rotatable bonds is 5. The molecule has 1 aromatic rings. The molecule has 1 unspecified atom stereocenters. The van der Waals surface area contributed by atoms with Crippen LogP contribution >= 0.6 is 0 Å². The fraction of sp³-hybridized carbons (Fsp3) is 0.667. The average Bonchev–Trinajstić information content (AvgIpc) is 3.05. The summed E-state index contributed by atoms with van der Waals surface area (Å²) in [6.07, 6.45) is 7.53. The Morgan fingerprint density at radius 3 is 2.38 bits per heavy atom. The SMILES string of the molecule is NC1CCC(NCC(c2ccccc2)N2CCCC2)CC1. The fourth-order valence-corrected chi connectivity index (χ4v) is 3.79. The second-order valence-electron chi connectivity index (χ2n) is 6.69. The lowest BCUT2D eigenvalue weighted by molar-refractivity contribution is 0.223. The minimum absolute atomic E-state index is 0.437. The van der Waals surface area contributed by atoms with Crippen LogP contribution in [0.2, 0.25) is 0 Å². The predicted molar refractivity (Wildman–Crippen MR) is 88.2 cm³/mol. The first-order chi connectivity index (χ1) is 10.3. The van der Waals surface area contributed by atoms with Crippen molar-refractivity contribution < 1.29 is 0 Å². The van der Waals surface area contributed by atoms with Gasteiger partial charge in [0.05, 0.1) is 0 Å². The molecule has 0 spiro atoms. The third-order valence-electron chi connectivity index (χ3n) is 5.14. The Morgan fingerprint density at radius 1 is 1.05 bits per heavy atom. The molecule has 3 nitrogen and oxygen atoms in total. The zero-order valence-electron chi connectivity index (χ0n) is 13.0. The summed E-state index contributed by atoms with van der Waals surface area (Å²) in [5, 5.41) is 3.82. The van der Waals surface area contributed by atoms with Gasteiger partial charge >= 0.3 is 0 Å². The van der Waals surface area contributed by atoms with Crippen LogP contribution in [0.15, 0.2) is 30.3 Å². The third kappa shape index (κ3) is 4.06. The molecule has 0 aromatic heterocycles. The quantitative estimate of drug-likeness (QED) is 0.875. The highest BCUT2D eigenvalue weighted by Crippen LogP contribution is 2.25. The summed E-state index contributed by atoms with van der Waals surface area (Å²) in [4.78, 5) is 2.65. The summed E-state index contributed by atoms with van der Waals surface area (Å²) in [5.74, 6) is 0. The van der Waals surface area contributed by atoms with Gasteiger partial charge in [0, 0.05) is 24.7 Å². The van der Waals surface area contributed by atoms with Crippen molar-refractivity contribution in [2.45, 2.75) is 56.7 Å². The number of benzene rings is 1. The summed E-state index contributed by atoms with van der Waals surface area (Å²) in [7, 11) is 0. The van der Waals surface area contributed by atoms with E-state index in [2.05, 4.69) is 40.5 Å². The van der Waals surface area contributed by atoms with E-state index in [-0.39, 0.29) is 0 Å². The van der Waals surface area contributed by atoms with Crippen molar-refractivity contribution in [1.29, 1.82) is 0 Å². The van der Waals surface area contributed by atoms with Gasteiger partial charge in [0.25, 0.3) is 0 Å². The number of nitrogens with one attached hydrogen (secondary N) is 1. The molecule has 1 saturated carbocycles. The minimum atomic E-state index is 0.437. The maximum Gasteiger partial charge on any atom is 0.0472 e. The van der Waals surface area contributed by atoms with Crippen LogP contribution in [-0.2, 0) is 0 Å². The molecule has 1 aliphatic carbocycles. The molecule has 0 radical (unpaired) electrons. The van der Waals surface area contributed by atoms with Crippen molar-refractivity contribution in [1.82, 2.24) is 10.2 Å². The van der Waals surface area contributed by atoms with Crippen molar-refractivity contribution in [3.8, 4) is 0 Å². The van der Waals surface area contributed by atoms with Crippen LogP contribution < -0.4 is 11.1 Å². The van der Waals surface area contributed by atoms with Gasteiger partial charge in [-0.25, -0.2) is 0 Å². The number of likely N-dealkylation sites (tertiary alicyclic amines) is 1. The van der Waals surface area contributed by atoms with Crippen LogP contribution in [0, 0.1) is 0 Å². The van der Waals surface area contributed by atoms with Gasteiger partial charge in [-0.2, -0.15) is 0 Å². The van der Waals surface area contributed by atoms with Crippen LogP contribution in [0.3, 0.4) is 0 Å². The van der Waals surface area contributed by atoms with E-state index in [9.17, 15) is 0 Å². The average molecular weight is 287 g/mol. The highest BCUT2D eigenvalue weighted by atomic mass is 15.2. The van der Waals surface area contributed by atoms with Gasteiger partial charge in [-0.05, 0) is 57.2 Å². The number of hydrogen-bond donors (Lipinski definition) is 2. The maximum atomic E-state index is 6.01. The molecule has 2 aliphatic rings. The first-order valence-electron chi connectivity index (χ1n) is 8.61. The Balaban J connectivity index is 1.60. The van der Waals surface area contributed by atoms with E-state index >= 15 is 0 Å². The first kappa shape index (κ1) is 15.0. The lowest BCUT2D eigenvalue weighted by Gasteiger charge is -2.32. The highest BCUT2D eigenvalue weighted by Gasteiger charge is 2.25. The van der Waals surface area contributed by atoms with Gasteiger partial charge in [0.15, 0.2) is 0 Å². The molecule has 1 saturated heterocycles. The van der Waals surface area contributed by atoms with Crippen LogP contribution in [0.4, 0.5) is 0 Å². The predicted octanol–water partition coefficient (Wildman–Crippen LogP) is 2.68. The van der Waals surface area contributed by atoms with Crippen molar-refractivity contribution in [3.63, 3.8) is 0 Å². The maximum absolute atomic E-state index is 6.01. The van der Waals surface area contributed by atoms with Crippen LogP contribution in [-0.4, -0.2) is 36.6 Å². The molecule has 3 N–H and O–H groups in total. The van der Waals surface area contributed by atoms with E-state index < -0.39 is 0 Å². The Morgan fingerprint density at radius 2 is 1.71 bits per heavy atom. The van der Waals surface area contributed by atoms with E-state index in [0.29, 0.717) is 18.1 Å². The Labute approximate surface area is 128 Å². The van der Waals surface area contributed by atoms with Gasteiger partial charge in [0.1, 0.15) is 0 Å². The largest absolute Gasteiger partial charge is 0.328 e.